The van der Waals surface area contributed by atoms with Gasteiger partial charge in [-0.15, -0.1) is 0 Å². The van der Waals surface area contributed by atoms with Gasteiger partial charge in [0.05, 0.1) is 6.54 Å². The first-order chi connectivity index (χ1) is 8.22. The molecule has 17 heavy (non-hydrogen) atoms. The minimum absolute atomic E-state index is 0.0640. The van der Waals surface area contributed by atoms with Gasteiger partial charge in [-0.1, -0.05) is 6.92 Å². The fourth-order valence-electron chi connectivity index (χ4n) is 1.41. The molecule has 1 amide bonds. The molecule has 0 aromatic carbocycles. The summed E-state index contributed by atoms with van der Waals surface area (Å²) in [5.74, 6) is 0.0640. The third kappa shape index (κ3) is 6.02. The maximum atomic E-state index is 11.4. The van der Waals surface area contributed by atoms with Gasteiger partial charge in [0.25, 0.3) is 0 Å². The van der Waals surface area contributed by atoms with Crippen LogP contribution in [-0.2, 0) is 11.2 Å². The van der Waals surface area contributed by atoms with Gasteiger partial charge in [-0.05, 0) is 44.0 Å². The summed E-state index contributed by atoms with van der Waals surface area (Å²) in [5.41, 5.74) is 1.23. The highest BCUT2D eigenvalue weighted by Crippen LogP contribution is 1.95. The van der Waals surface area contributed by atoms with E-state index in [1.54, 1.807) is 12.4 Å². The number of nitrogens with zero attached hydrogens (tertiary/aromatic N) is 1. The van der Waals surface area contributed by atoms with Crippen molar-refractivity contribution in [1.29, 1.82) is 0 Å². The maximum Gasteiger partial charge on any atom is 0.234 e. The first-order valence-corrected chi connectivity index (χ1v) is 6.11. The molecule has 0 fully saturated rings. The number of hydrogen-bond acceptors (Lipinski definition) is 3. The second-order valence-electron chi connectivity index (χ2n) is 4.16. The molecular weight excluding hydrogens is 214 g/mol. The van der Waals surface area contributed by atoms with Crippen LogP contribution in [0.3, 0.4) is 0 Å². The van der Waals surface area contributed by atoms with E-state index < -0.39 is 0 Å². The van der Waals surface area contributed by atoms with Gasteiger partial charge < -0.3 is 10.6 Å². The summed E-state index contributed by atoms with van der Waals surface area (Å²) in [6.07, 6.45) is 5.44. The Kier molecular flexibility index (Phi) is 6.25. The van der Waals surface area contributed by atoms with Crippen LogP contribution < -0.4 is 10.6 Å². The molecule has 2 N–H and O–H groups in total. The lowest BCUT2D eigenvalue weighted by Crippen LogP contribution is -2.39. The Hall–Kier alpha value is -1.42. The maximum absolute atomic E-state index is 11.4. The fraction of sp³-hybridized carbons (Fsp3) is 0.538. The largest absolute Gasteiger partial charge is 0.353 e. The first-order valence-electron chi connectivity index (χ1n) is 6.11. The predicted octanol–water partition coefficient (Wildman–Crippen LogP) is 1.13. The number of carbonyl (C=O) groups is 1. The van der Waals surface area contributed by atoms with Crippen molar-refractivity contribution >= 4 is 5.91 Å². The molecular formula is C13H21N3O. The van der Waals surface area contributed by atoms with Crippen LogP contribution in [0.15, 0.2) is 24.5 Å². The second-order valence-corrected chi connectivity index (χ2v) is 4.16. The fourth-order valence-corrected chi connectivity index (χ4v) is 1.41. The van der Waals surface area contributed by atoms with Gasteiger partial charge in [-0.3, -0.25) is 9.78 Å². The zero-order valence-electron chi connectivity index (χ0n) is 10.6. The Morgan fingerprint density at radius 2 is 2.12 bits per heavy atom. The molecule has 4 heteroatoms. The molecule has 1 aromatic heterocycles. The normalized spacial score (nSPS) is 12.1. The third-order valence-corrected chi connectivity index (χ3v) is 2.65. The Morgan fingerprint density at radius 3 is 2.76 bits per heavy atom. The number of aromatic nitrogens is 1. The minimum atomic E-state index is 0.0640. The summed E-state index contributed by atoms with van der Waals surface area (Å²) in [6.45, 7) is 5.25. The van der Waals surface area contributed by atoms with Crippen LogP contribution in [0.25, 0.3) is 0 Å². The summed E-state index contributed by atoms with van der Waals surface area (Å²) in [7, 11) is 0. The molecule has 1 rings (SSSR count). The molecule has 4 nitrogen and oxygen atoms in total. The topological polar surface area (TPSA) is 54.0 Å². The molecule has 1 aromatic rings. The van der Waals surface area contributed by atoms with Gasteiger partial charge in [0, 0.05) is 18.4 Å². The van der Waals surface area contributed by atoms with Gasteiger partial charge in [-0.2, -0.15) is 0 Å². The molecule has 0 radical (unpaired) electrons. The van der Waals surface area contributed by atoms with Crippen molar-refractivity contribution in [3.63, 3.8) is 0 Å². The quantitative estimate of drug-likeness (QED) is 0.697. The Balaban J connectivity index is 2.10. The molecule has 0 aliphatic carbocycles. The Morgan fingerprint density at radius 1 is 1.41 bits per heavy atom. The number of carbonyl (C=O) groups excluding carboxylic acids is 1. The molecule has 94 valence electrons. The number of amides is 1. The molecule has 0 saturated heterocycles. The molecule has 1 unspecified atom stereocenters. The van der Waals surface area contributed by atoms with E-state index in [0.717, 1.165) is 19.4 Å². The Labute approximate surface area is 103 Å². The monoisotopic (exact) mass is 235 g/mol. The van der Waals surface area contributed by atoms with E-state index in [0.29, 0.717) is 6.54 Å². The van der Waals surface area contributed by atoms with Crippen molar-refractivity contribution in [3.8, 4) is 0 Å². The number of nitrogens with one attached hydrogen (secondary N) is 2. The van der Waals surface area contributed by atoms with Crippen LogP contribution >= 0.6 is 0 Å². The lowest BCUT2D eigenvalue weighted by atomic mass is 10.2. The van der Waals surface area contributed by atoms with Crippen molar-refractivity contribution in [2.45, 2.75) is 32.7 Å². The zero-order chi connectivity index (χ0) is 12.5. The van der Waals surface area contributed by atoms with Crippen molar-refractivity contribution in [2.24, 2.45) is 0 Å². The van der Waals surface area contributed by atoms with Crippen LogP contribution in [0.2, 0.25) is 0 Å². The predicted molar refractivity (Wildman–Crippen MR) is 68.7 cm³/mol. The van der Waals surface area contributed by atoms with Crippen LogP contribution in [0.1, 0.15) is 25.8 Å². The molecule has 0 spiro atoms. The highest BCUT2D eigenvalue weighted by atomic mass is 16.1. The SMILES string of the molecule is CCC(C)NC(=O)CNCCc1ccncc1. The van der Waals surface area contributed by atoms with Crippen molar-refractivity contribution in [3.05, 3.63) is 30.1 Å². The zero-order valence-corrected chi connectivity index (χ0v) is 10.6. The highest BCUT2D eigenvalue weighted by Gasteiger charge is 2.03. The summed E-state index contributed by atoms with van der Waals surface area (Å²) >= 11 is 0. The number of pyridine rings is 1. The van der Waals surface area contributed by atoms with E-state index in [4.69, 9.17) is 0 Å². The van der Waals surface area contributed by atoms with E-state index in [1.807, 2.05) is 19.1 Å². The molecule has 0 aliphatic rings. The van der Waals surface area contributed by atoms with E-state index in [9.17, 15) is 4.79 Å². The third-order valence-electron chi connectivity index (χ3n) is 2.65. The summed E-state index contributed by atoms with van der Waals surface area (Å²) < 4.78 is 0. The minimum Gasteiger partial charge on any atom is -0.353 e. The molecule has 0 bridgehead atoms. The molecule has 1 atom stereocenters. The van der Waals surface area contributed by atoms with Crippen LogP contribution in [-0.4, -0.2) is 30.0 Å². The van der Waals surface area contributed by atoms with Crippen LogP contribution in [0, 0.1) is 0 Å². The summed E-state index contributed by atoms with van der Waals surface area (Å²) in [4.78, 5) is 15.4. The van der Waals surface area contributed by atoms with Gasteiger partial charge >= 0.3 is 0 Å². The van der Waals surface area contributed by atoms with Gasteiger partial charge in [0.1, 0.15) is 0 Å². The highest BCUT2D eigenvalue weighted by molar-refractivity contribution is 5.78. The van der Waals surface area contributed by atoms with Gasteiger partial charge in [-0.25, -0.2) is 0 Å². The standard InChI is InChI=1S/C13H21N3O/c1-3-11(2)16-13(17)10-15-9-6-12-4-7-14-8-5-12/h4-5,7-8,11,15H,3,6,9-10H2,1-2H3,(H,16,17). The van der Waals surface area contributed by atoms with Gasteiger partial charge in [0.15, 0.2) is 0 Å². The summed E-state index contributed by atoms with van der Waals surface area (Å²) in [6, 6.07) is 4.23. The average molecular weight is 235 g/mol. The molecule has 0 saturated carbocycles. The summed E-state index contributed by atoms with van der Waals surface area (Å²) in [5, 5.41) is 6.05. The number of hydrogen-bond donors (Lipinski definition) is 2. The van der Waals surface area contributed by atoms with E-state index in [2.05, 4.69) is 22.5 Å². The van der Waals surface area contributed by atoms with Crippen molar-refractivity contribution < 1.29 is 4.79 Å². The lowest BCUT2D eigenvalue weighted by molar-refractivity contribution is -0.120. The van der Waals surface area contributed by atoms with Gasteiger partial charge in [0.2, 0.25) is 5.91 Å². The van der Waals surface area contributed by atoms with Crippen molar-refractivity contribution in [1.82, 2.24) is 15.6 Å². The smallest absolute Gasteiger partial charge is 0.234 e. The number of rotatable bonds is 7. The average Bonchev–Trinajstić information content (AvgIpc) is 2.36. The van der Waals surface area contributed by atoms with E-state index >= 15 is 0 Å². The van der Waals surface area contributed by atoms with E-state index in [1.165, 1.54) is 5.56 Å². The first kappa shape index (κ1) is 13.6. The van der Waals surface area contributed by atoms with E-state index in [-0.39, 0.29) is 11.9 Å². The van der Waals surface area contributed by atoms with Crippen LogP contribution in [0.5, 0.6) is 0 Å². The van der Waals surface area contributed by atoms with Crippen LogP contribution in [0.4, 0.5) is 0 Å². The molecule has 1 heterocycles. The second kappa shape index (κ2) is 7.79. The molecule has 0 aliphatic heterocycles. The Bertz CT molecular complexity index is 327. The van der Waals surface area contributed by atoms with Crippen molar-refractivity contribution in [2.75, 3.05) is 13.1 Å². The lowest BCUT2D eigenvalue weighted by Gasteiger charge is -2.11.